The van der Waals surface area contributed by atoms with Crippen molar-refractivity contribution in [2.24, 2.45) is 0 Å². The lowest BCUT2D eigenvalue weighted by molar-refractivity contribution is -0.132. The number of nitrogens with one attached hydrogen (secondary N) is 1. The third-order valence-corrected chi connectivity index (χ3v) is 7.39. The summed E-state index contributed by atoms with van der Waals surface area (Å²) in [5.41, 5.74) is 2.05. The number of hydrogen-bond acceptors (Lipinski definition) is 5. The van der Waals surface area contributed by atoms with Crippen LogP contribution in [0.1, 0.15) is 36.9 Å². The first-order chi connectivity index (χ1) is 17.1. The van der Waals surface area contributed by atoms with E-state index in [1.54, 1.807) is 18.2 Å². The summed E-state index contributed by atoms with van der Waals surface area (Å²) in [5, 5.41) is 9.40. The number of nitriles is 1. The Kier molecular flexibility index (Phi) is 6.71. The number of aromatic amines is 1. The van der Waals surface area contributed by atoms with Crippen molar-refractivity contribution in [3.05, 3.63) is 70.1 Å². The van der Waals surface area contributed by atoms with E-state index in [2.05, 4.69) is 27.8 Å². The molecule has 0 aliphatic carbocycles. The van der Waals surface area contributed by atoms with Crippen LogP contribution in [0.3, 0.4) is 0 Å². The third-order valence-electron chi connectivity index (χ3n) is 7.39. The van der Waals surface area contributed by atoms with Gasteiger partial charge in [0.2, 0.25) is 0 Å². The van der Waals surface area contributed by atoms with Gasteiger partial charge in [-0.25, -0.2) is 4.79 Å². The molecule has 2 unspecified atom stereocenters. The number of amides is 1. The molecule has 0 spiro atoms. The second-order valence-corrected chi connectivity index (χ2v) is 9.56. The zero-order chi connectivity index (χ0) is 24.4. The molecular formula is C27H32N6O2. The maximum absolute atomic E-state index is 14.0. The summed E-state index contributed by atoms with van der Waals surface area (Å²) < 4.78 is 1.52. The molecule has 0 saturated carbocycles. The summed E-state index contributed by atoms with van der Waals surface area (Å²) in [4.78, 5) is 36.9. The van der Waals surface area contributed by atoms with E-state index in [1.807, 2.05) is 35.2 Å². The number of rotatable bonds is 6. The van der Waals surface area contributed by atoms with Crippen LogP contribution in [0.4, 0.5) is 0 Å². The fraction of sp³-hybridized carbons (Fsp3) is 0.444. The van der Waals surface area contributed by atoms with Gasteiger partial charge in [-0.3, -0.25) is 14.3 Å². The lowest BCUT2D eigenvalue weighted by atomic mass is 10.0. The molecular weight excluding hydrogens is 440 g/mol. The van der Waals surface area contributed by atoms with Crippen LogP contribution in [0.5, 0.6) is 0 Å². The van der Waals surface area contributed by atoms with Crippen molar-refractivity contribution in [1.82, 2.24) is 24.3 Å². The summed E-state index contributed by atoms with van der Waals surface area (Å²) in [7, 11) is 0. The normalized spacial score (nSPS) is 20.2. The van der Waals surface area contributed by atoms with Crippen LogP contribution in [0, 0.1) is 11.3 Å². The number of carbonyl (C=O) groups is 1. The molecule has 3 heterocycles. The number of piperazine rings is 1. The predicted octanol–water partition coefficient (Wildman–Crippen LogP) is 2.42. The van der Waals surface area contributed by atoms with Crippen molar-refractivity contribution >= 4 is 16.9 Å². The quantitative estimate of drug-likeness (QED) is 0.595. The molecule has 2 atom stereocenters. The monoisotopic (exact) mass is 472 g/mol. The molecule has 2 aliphatic rings. The standard InChI is InChI=1S/C27H32N6O2/c1-2-11-30-13-15-31(16-14-30)22-10-12-32(19-22)26(34)25(21-6-4-3-5-7-21)33-24-17-20(18-28)8-9-23(24)29-27(33)35/h3-9,17,22,25H,2,10-16,19H2,1H3,(H,29,35). The number of imidazole rings is 1. The number of aromatic nitrogens is 2. The van der Waals surface area contributed by atoms with E-state index in [9.17, 15) is 14.9 Å². The lowest BCUT2D eigenvalue weighted by Gasteiger charge is -2.38. The van der Waals surface area contributed by atoms with E-state index in [-0.39, 0.29) is 11.6 Å². The van der Waals surface area contributed by atoms with Gasteiger partial charge < -0.3 is 14.8 Å². The Bertz CT molecular complexity index is 1280. The van der Waals surface area contributed by atoms with Gasteiger partial charge in [-0.15, -0.1) is 0 Å². The zero-order valence-corrected chi connectivity index (χ0v) is 20.2. The van der Waals surface area contributed by atoms with Crippen LogP contribution < -0.4 is 5.69 Å². The van der Waals surface area contributed by atoms with Crippen LogP contribution in [0.25, 0.3) is 11.0 Å². The first kappa shape index (κ1) is 23.3. The van der Waals surface area contributed by atoms with E-state index in [1.165, 1.54) is 11.0 Å². The zero-order valence-electron chi connectivity index (χ0n) is 20.2. The van der Waals surface area contributed by atoms with Gasteiger partial charge in [0.05, 0.1) is 22.7 Å². The van der Waals surface area contributed by atoms with Gasteiger partial charge in [-0.1, -0.05) is 37.3 Å². The Morgan fingerprint density at radius 2 is 1.89 bits per heavy atom. The average Bonchev–Trinajstić information content (AvgIpc) is 3.50. The first-order valence-corrected chi connectivity index (χ1v) is 12.5. The Morgan fingerprint density at radius 3 is 2.60 bits per heavy atom. The van der Waals surface area contributed by atoms with Gasteiger partial charge in [0.15, 0.2) is 0 Å². The number of carbonyl (C=O) groups excluding carboxylic acids is 1. The third kappa shape index (κ3) is 4.62. The van der Waals surface area contributed by atoms with Crippen molar-refractivity contribution in [2.45, 2.75) is 31.8 Å². The molecule has 0 radical (unpaired) electrons. The second kappa shape index (κ2) is 10.1. The Morgan fingerprint density at radius 1 is 1.11 bits per heavy atom. The first-order valence-electron chi connectivity index (χ1n) is 12.5. The van der Waals surface area contributed by atoms with Crippen molar-refractivity contribution < 1.29 is 4.79 Å². The molecule has 1 amide bonds. The smallest absolute Gasteiger partial charge is 0.327 e. The fourth-order valence-electron chi connectivity index (χ4n) is 5.57. The highest BCUT2D eigenvalue weighted by atomic mass is 16.2. The maximum atomic E-state index is 14.0. The van der Waals surface area contributed by atoms with Crippen LogP contribution in [-0.2, 0) is 4.79 Å². The molecule has 1 aromatic heterocycles. The largest absolute Gasteiger partial charge is 0.339 e. The molecule has 2 fully saturated rings. The van der Waals surface area contributed by atoms with Gasteiger partial charge >= 0.3 is 5.69 Å². The molecule has 2 aliphatic heterocycles. The van der Waals surface area contributed by atoms with Gasteiger partial charge in [-0.2, -0.15) is 5.26 Å². The fourth-order valence-corrected chi connectivity index (χ4v) is 5.57. The molecule has 3 aromatic rings. The number of H-pyrrole nitrogens is 1. The number of likely N-dealkylation sites (tertiary alicyclic amines) is 1. The second-order valence-electron chi connectivity index (χ2n) is 9.56. The van der Waals surface area contributed by atoms with Crippen LogP contribution in [-0.4, -0.2) is 82.0 Å². The Hall–Kier alpha value is -3.41. The van der Waals surface area contributed by atoms with Gasteiger partial charge in [0.25, 0.3) is 5.91 Å². The highest BCUT2D eigenvalue weighted by Crippen LogP contribution is 2.27. The maximum Gasteiger partial charge on any atom is 0.327 e. The molecule has 35 heavy (non-hydrogen) atoms. The number of hydrogen-bond donors (Lipinski definition) is 1. The minimum Gasteiger partial charge on any atom is -0.339 e. The number of nitrogens with zero attached hydrogens (tertiary/aromatic N) is 5. The predicted molar refractivity (Wildman–Crippen MR) is 135 cm³/mol. The highest BCUT2D eigenvalue weighted by Gasteiger charge is 2.37. The molecule has 2 saturated heterocycles. The summed E-state index contributed by atoms with van der Waals surface area (Å²) in [6.07, 6.45) is 2.12. The topological polar surface area (TPSA) is 88.4 Å². The molecule has 0 bridgehead atoms. The summed E-state index contributed by atoms with van der Waals surface area (Å²) in [6.45, 7) is 8.96. The van der Waals surface area contributed by atoms with Crippen molar-refractivity contribution in [3.63, 3.8) is 0 Å². The Balaban J connectivity index is 1.42. The van der Waals surface area contributed by atoms with Crippen molar-refractivity contribution in [3.8, 4) is 6.07 Å². The van der Waals surface area contributed by atoms with E-state index in [4.69, 9.17) is 0 Å². The molecule has 8 nitrogen and oxygen atoms in total. The van der Waals surface area contributed by atoms with E-state index >= 15 is 0 Å². The van der Waals surface area contributed by atoms with Crippen molar-refractivity contribution in [2.75, 3.05) is 45.8 Å². The molecule has 5 rings (SSSR count). The summed E-state index contributed by atoms with van der Waals surface area (Å²) in [6, 6.07) is 16.2. The molecule has 1 N–H and O–H groups in total. The average molecular weight is 473 g/mol. The van der Waals surface area contributed by atoms with Crippen LogP contribution in [0.15, 0.2) is 53.3 Å². The van der Waals surface area contributed by atoms with Gasteiger partial charge in [-0.05, 0) is 43.1 Å². The minimum absolute atomic E-state index is 0.0753. The lowest BCUT2D eigenvalue weighted by Crippen LogP contribution is -2.51. The highest BCUT2D eigenvalue weighted by molar-refractivity contribution is 5.87. The van der Waals surface area contributed by atoms with Crippen LogP contribution >= 0.6 is 0 Å². The van der Waals surface area contributed by atoms with E-state index in [0.29, 0.717) is 35.7 Å². The van der Waals surface area contributed by atoms with Crippen molar-refractivity contribution in [1.29, 1.82) is 5.26 Å². The molecule has 182 valence electrons. The Labute approximate surface area is 205 Å². The van der Waals surface area contributed by atoms with E-state index in [0.717, 1.165) is 44.7 Å². The summed E-state index contributed by atoms with van der Waals surface area (Å²) >= 11 is 0. The molecule has 2 aromatic carbocycles. The van der Waals surface area contributed by atoms with Crippen LogP contribution in [0.2, 0.25) is 0 Å². The molecule has 8 heteroatoms. The minimum atomic E-state index is -0.786. The number of fused-ring (bicyclic) bond motifs is 1. The van der Waals surface area contributed by atoms with E-state index < -0.39 is 6.04 Å². The van der Waals surface area contributed by atoms with Gasteiger partial charge in [0, 0.05) is 45.3 Å². The SMILES string of the molecule is CCCN1CCN(C2CCN(C(=O)C(c3ccccc3)n3c(=O)[nH]c4ccc(C#N)cc43)C2)CC1. The summed E-state index contributed by atoms with van der Waals surface area (Å²) in [5.74, 6) is -0.0753. The number of benzene rings is 2. The van der Waals surface area contributed by atoms with Gasteiger partial charge in [0.1, 0.15) is 6.04 Å².